The number of halogens is 1. The Balaban J connectivity index is 3.23. The maximum atomic E-state index is 10.8. The van der Waals surface area contributed by atoms with Gasteiger partial charge in [0, 0.05) is 10.0 Å². The van der Waals surface area contributed by atoms with Gasteiger partial charge in [-0.25, -0.2) is 0 Å². The molecule has 0 aliphatic rings. The summed E-state index contributed by atoms with van der Waals surface area (Å²) in [5, 5.41) is 0. The highest BCUT2D eigenvalue weighted by atomic mass is 79.9. The van der Waals surface area contributed by atoms with Gasteiger partial charge in [-0.3, -0.25) is 4.79 Å². The Kier molecular flexibility index (Phi) is 2.29. The van der Waals surface area contributed by atoms with Gasteiger partial charge in [-0.15, -0.1) is 0 Å². The highest BCUT2D eigenvalue weighted by molar-refractivity contribution is 9.10. The van der Waals surface area contributed by atoms with Crippen molar-refractivity contribution in [1.82, 2.24) is 0 Å². The molecule has 2 N–H and O–H groups in total. The lowest BCUT2D eigenvalue weighted by atomic mass is 10.1. The second-order valence-electron chi connectivity index (χ2n) is 2.32. The van der Waals surface area contributed by atoms with Crippen LogP contribution in [0.15, 0.2) is 22.7 Å². The zero-order valence-electron chi connectivity index (χ0n) is 6.10. The van der Waals surface area contributed by atoms with Crippen LogP contribution < -0.4 is 5.73 Å². The van der Waals surface area contributed by atoms with E-state index in [9.17, 15) is 4.79 Å². The number of carbonyl (C=O) groups excluding carboxylic acids is 1. The first-order chi connectivity index (χ1) is 5.11. The first kappa shape index (κ1) is 8.27. The molecule has 1 amide bonds. The number of rotatable bonds is 1. The summed E-state index contributed by atoms with van der Waals surface area (Å²) in [4.78, 5) is 10.8. The SMILES string of the molecule is Cc1ccc(Br)cc1C(N)=O. The molecule has 0 fully saturated rings. The molecule has 0 unspecified atom stereocenters. The van der Waals surface area contributed by atoms with Crippen molar-refractivity contribution >= 4 is 21.8 Å². The van der Waals surface area contributed by atoms with Gasteiger partial charge in [0.2, 0.25) is 5.91 Å². The molecule has 0 aromatic heterocycles. The molecule has 1 rings (SSSR count). The molecular formula is C8H8BrNO. The molecule has 1 aromatic carbocycles. The van der Waals surface area contributed by atoms with Crippen molar-refractivity contribution in [2.45, 2.75) is 6.92 Å². The summed E-state index contributed by atoms with van der Waals surface area (Å²) in [6.07, 6.45) is 0. The zero-order chi connectivity index (χ0) is 8.43. The van der Waals surface area contributed by atoms with Crippen LogP contribution in [0.4, 0.5) is 0 Å². The summed E-state index contributed by atoms with van der Waals surface area (Å²) in [5.74, 6) is -0.385. The summed E-state index contributed by atoms with van der Waals surface area (Å²) < 4.78 is 0.872. The Morgan fingerprint density at radius 3 is 2.64 bits per heavy atom. The highest BCUT2D eigenvalue weighted by Gasteiger charge is 2.03. The molecule has 0 aliphatic heterocycles. The van der Waals surface area contributed by atoms with Gasteiger partial charge in [0.1, 0.15) is 0 Å². The second kappa shape index (κ2) is 3.05. The molecule has 0 spiro atoms. The number of primary amides is 1. The molecule has 0 atom stereocenters. The van der Waals surface area contributed by atoms with Gasteiger partial charge in [-0.05, 0) is 24.6 Å². The third kappa shape index (κ3) is 1.80. The van der Waals surface area contributed by atoms with E-state index in [1.165, 1.54) is 0 Å². The Morgan fingerprint density at radius 1 is 1.55 bits per heavy atom. The average Bonchev–Trinajstić information content (AvgIpc) is 1.94. The fourth-order valence-electron chi connectivity index (χ4n) is 0.860. The van der Waals surface area contributed by atoms with Crippen LogP contribution in [0.2, 0.25) is 0 Å². The summed E-state index contributed by atoms with van der Waals surface area (Å²) >= 11 is 3.26. The molecule has 0 radical (unpaired) electrons. The van der Waals surface area contributed by atoms with Crippen LogP contribution in [0.1, 0.15) is 15.9 Å². The lowest BCUT2D eigenvalue weighted by molar-refractivity contribution is 0.0999. The van der Waals surface area contributed by atoms with E-state index in [1.807, 2.05) is 19.1 Å². The third-order valence-electron chi connectivity index (χ3n) is 1.47. The van der Waals surface area contributed by atoms with Gasteiger partial charge in [-0.2, -0.15) is 0 Å². The summed E-state index contributed by atoms with van der Waals surface area (Å²) in [6.45, 7) is 1.85. The van der Waals surface area contributed by atoms with E-state index < -0.39 is 0 Å². The van der Waals surface area contributed by atoms with Gasteiger partial charge >= 0.3 is 0 Å². The van der Waals surface area contributed by atoms with Crippen LogP contribution >= 0.6 is 15.9 Å². The van der Waals surface area contributed by atoms with Crippen molar-refractivity contribution in [2.75, 3.05) is 0 Å². The fraction of sp³-hybridized carbons (Fsp3) is 0.125. The van der Waals surface area contributed by atoms with Gasteiger partial charge < -0.3 is 5.73 Å². The Bertz CT molecular complexity index is 296. The molecule has 0 bridgehead atoms. The predicted octanol–water partition coefficient (Wildman–Crippen LogP) is 1.86. The summed E-state index contributed by atoms with van der Waals surface area (Å²) in [7, 11) is 0. The number of nitrogens with two attached hydrogens (primary N) is 1. The van der Waals surface area contributed by atoms with Crippen LogP contribution in [0.25, 0.3) is 0 Å². The maximum Gasteiger partial charge on any atom is 0.249 e. The molecule has 0 aliphatic carbocycles. The fourth-order valence-corrected chi connectivity index (χ4v) is 1.22. The minimum atomic E-state index is -0.385. The van der Waals surface area contributed by atoms with E-state index in [4.69, 9.17) is 5.73 Å². The van der Waals surface area contributed by atoms with Crippen molar-refractivity contribution in [3.63, 3.8) is 0 Å². The summed E-state index contributed by atoms with van der Waals surface area (Å²) in [6, 6.07) is 5.45. The van der Waals surface area contributed by atoms with E-state index in [0.717, 1.165) is 10.0 Å². The minimum Gasteiger partial charge on any atom is -0.366 e. The number of amides is 1. The lowest BCUT2D eigenvalue weighted by Crippen LogP contribution is -2.12. The largest absolute Gasteiger partial charge is 0.366 e. The Morgan fingerprint density at radius 2 is 2.18 bits per heavy atom. The van der Waals surface area contributed by atoms with Crippen LogP contribution in [-0.4, -0.2) is 5.91 Å². The van der Waals surface area contributed by atoms with Gasteiger partial charge in [0.05, 0.1) is 0 Å². The molecule has 3 heteroatoms. The molecule has 11 heavy (non-hydrogen) atoms. The quantitative estimate of drug-likeness (QED) is 0.761. The molecule has 1 aromatic rings. The molecule has 0 saturated heterocycles. The van der Waals surface area contributed by atoms with Crippen molar-refractivity contribution in [3.05, 3.63) is 33.8 Å². The first-order valence-electron chi connectivity index (χ1n) is 3.17. The Hall–Kier alpha value is -0.830. The molecular weight excluding hydrogens is 206 g/mol. The maximum absolute atomic E-state index is 10.8. The third-order valence-corrected chi connectivity index (χ3v) is 1.96. The van der Waals surface area contributed by atoms with Crippen molar-refractivity contribution in [2.24, 2.45) is 5.73 Å². The lowest BCUT2D eigenvalue weighted by Gasteiger charge is -2.00. The standard InChI is InChI=1S/C8H8BrNO/c1-5-2-3-6(9)4-7(5)8(10)11/h2-4H,1H3,(H2,10,11). The van der Waals surface area contributed by atoms with Gasteiger partial charge in [-0.1, -0.05) is 22.0 Å². The van der Waals surface area contributed by atoms with Crippen molar-refractivity contribution in [1.29, 1.82) is 0 Å². The Labute approximate surface area is 73.5 Å². The van der Waals surface area contributed by atoms with E-state index in [0.29, 0.717) is 5.56 Å². The molecule has 58 valence electrons. The monoisotopic (exact) mass is 213 g/mol. The highest BCUT2D eigenvalue weighted by Crippen LogP contribution is 2.14. The number of carbonyl (C=O) groups is 1. The predicted molar refractivity (Wildman–Crippen MR) is 47.4 cm³/mol. The number of hydrogen-bond donors (Lipinski definition) is 1. The number of aryl methyl sites for hydroxylation is 1. The number of hydrogen-bond acceptors (Lipinski definition) is 1. The molecule has 0 saturated carbocycles. The van der Waals surface area contributed by atoms with Gasteiger partial charge in [0.25, 0.3) is 0 Å². The first-order valence-corrected chi connectivity index (χ1v) is 3.96. The number of benzene rings is 1. The molecule has 2 nitrogen and oxygen atoms in total. The van der Waals surface area contributed by atoms with Crippen molar-refractivity contribution in [3.8, 4) is 0 Å². The van der Waals surface area contributed by atoms with E-state index in [2.05, 4.69) is 15.9 Å². The average molecular weight is 214 g/mol. The topological polar surface area (TPSA) is 43.1 Å². The van der Waals surface area contributed by atoms with Crippen LogP contribution in [-0.2, 0) is 0 Å². The van der Waals surface area contributed by atoms with E-state index >= 15 is 0 Å². The van der Waals surface area contributed by atoms with Crippen LogP contribution in [0.5, 0.6) is 0 Å². The normalized spacial score (nSPS) is 9.64. The molecule has 0 heterocycles. The minimum absolute atomic E-state index is 0.385. The van der Waals surface area contributed by atoms with E-state index in [-0.39, 0.29) is 5.91 Å². The zero-order valence-corrected chi connectivity index (χ0v) is 7.68. The van der Waals surface area contributed by atoms with Gasteiger partial charge in [0.15, 0.2) is 0 Å². The van der Waals surface area contributed by atoms with Crippen molar-refractivity contribution < 1.29 is 4.79 Å². The van der Waals surface area contributed by atoms with Crippen LogP contribution in [0, 0.1) is 6.92 Å². The second-order valence-corrected chi connectivity index (χ2v) is 3.24. The van der Waals surface area contributed by atoms with E-state index in [1.54, 1.807) is 6.07 Å². The summed E-state index contributed by atoms with van der Waals surface area (Å²) in [5.41, 5.74) is 6.60. The van der Waals surface area contributed by atoms with Crippen LogP contribution in [0.3, 0.4) is 0 Å². The smallest absolute Gasteiger partial charge is 0.249 e.